The van der Waals surface area contributed by atoms with Gasteiger partial charge >= 0.3 is 0 Å². The highest BCUT2D eigenvalue weighted by molar-refractivity contribution is 5.81. The molecule has 0 bridgehead atoms. The molecule has 0 aliphatic rings. The van der Waals surface area contributed by atoms with E-state index in [-0.39, 0.29) is 5.84 Å². The number of rotatable bonds is 4. The second-order valence-electron chi connectivity index (χ2n) is 2.11. The van der Waals surface area contributed by atoms with E-state index in [0.29, 0.717) is 6.42 Å². The second kappa shape index (κ2) is 4.32. The number of nitrogens with two attached hydrogens (primary N) is 1. The SMILES string of the molecule is CCCCC(O)C(=N)N. The molecule has 0 fully saturated rings. The Balaban J connectivity index is 3.27. The maximum absolute atomic E-state index is 8.91. The summed E-state index contributed by atoms with van der Waals surface area (Å²) in [6.07, 6.45) is 1.86. The van der Waals surface area contributed by atoms with Crippen LogP contribution in [0.2, 0.25) is 0 Å². The molecular formula is C6H14N2O. The average Bonchev–Trinajstić information content (AvgIpc) is 1.82. The molecular weight excluding hydrogens is 116 g/mol. The summed E-state index contributed by atoms with van der Waals surface area (Å²) < 4.78 is 0. The molecule has 0 rings (SSSR count). The molecule has 0 aliphatic heterocycles. The zero-order valence-electron chi connectivity index (χ0n) is 5.72. The minimum atomic E-state index is -0.718. The van der Waals surface area contributed by atoms with Crippen LogP contribution in [-0.4, -0.2) is 17.0 Å². The fourth-order valence-electron chi connectivity index (χ4n) is 0.553. The van der Waals surface area contributed by atoms with E-state index in [2.05, 4.69) is 0 Å². The summed E-state index contributed by atoms with van der Waals surface area (Å²) in [5, 5.41) is 15.7. The lowest BCUT2D eigenvalue weighted by atomic mass is 10.1. The summed E-state index contributed by atoms with van der Waals surface area (Å²) in [6.45, 7) is 2.03. The Morgan fingerprint density at radius 1 is 1.78 bits per heavy atom. The van der Waals surface area contributed by atoms with E-state index in [1.165, 1.54) is 0 Å². The van der Waals surface area contributed by atoms with Crippen LogP contribution in [0.4, 0.5) is 0 Å². The van der Waals surface area contributed by atoms with E-state index in [0.717, 1.165) is 12.8 Å². The van der Waals surface area contributed by atoms with Crippen LogP contribution >= 0.6 is 0 Å². The summed E-state index contributed by atoms with van der Waals surface area (Å²) in [7, 11) is 0. The van der Waals surface area contributed by atoms with Crippen LogP contribution in [0.1, 0.15) is 26.2 Å². The number of hydrogen-bond donors (Lipinski definition) is 3. The third kappa shape index (κ3) is 3.97. The zero-order valence-corrected chi connectivity index (χ0v) is 5.72. The minimum Gasteiger partial charge on any atom is -0.385 e. The van der Waals surface area contributed by atoms with E-state index < -0.39 is 6.10 Å². The summed E-state index contributed by atoms with van der Waals surface area (Å²) in [6, 6.07) is 0. The second-order valence-corrected chi connectivity index (χ2v) is 2.11. The quantitative estimate of drug-likeness (QED) is 0.382. The van der Waals surface area contributed by atoms with Crippen molar-refractivity contribution >= 4 is 5.84 Å². The molecule has 1 unspecified atom stereocenters. The molecule has 0 saturated heterocycles. The summed E-state index contributed by atoms with van der Waals surface area (Å²) in [4.78, 5) is 0. The first-order valence-corrected chi connectivity index (χ1v) is 3.20. The van der Waals surface area contributed by atoms with Crippen molar-refractivity contribution in [3.05, 3.63) is 0 Å². The number of hydrogen-bond acceptors (Lipinski definition) is 2. The van der Waals surface area contributed by atoms with E-state index >= 15 is 0 Å². The summed E-state index contributed by atoms with van der Waals surface area (Å²) in [5.74, 6) is -0.122. The minimum absolute atomic E-state index is 0.122. The van der Waals surface area contributed by atoms with Gasteiger partial charge in [-0.05, 0) is 6.42 Å². The number of nitrogens with one attached hydrogen (secondary N) is 1. The zero-order chi connectivity index (χ0) is 7.28. The lowest BCUT2D eigenvalue weighted by Crippen LogP contribution is -2.27. The van der Waals surface area contributed by atoms with Crippen molar-refractivity contribution < 1.29 is 5.11 Å². The monoisotopic (exact) mass is 130 g/mol. The Labute approximate surface area is 55.4 Å². The molecule has 0 amide bonds. The summed E-state index contributed by atoms with van der Waals surface area (Å²) >= 11 is 0. The highest BCUT2D eigenvalue weighted by atomic mass is 16.3. The van der Waals surface area contributed by atoms with Crippen LogP contribution < -0.4 is 5.73 Å². The number of unbranched alkanes of at least 4 members (excludes halogenated alkanes) is 1. The van der Waals surface area contributed by atoms with Gasteiger partial charge in [0, 0.05) is 0 Å². The van der Waals surface area contributed by atoms with Crippen molar-refractivity contribution in [3.8, 4) is 0 Å². The van der Waals surface area contributed by atoms with E-state index in [1.807, 2.05) is 6.92 Å². The fraction of sp³-hybridized carbons (Fsp3) is 0.833. The van der Waals surface area contributed by atoms with Crippen molar-refractivity contribution in [3.63, 3.8) is 0 Å². The topological polar surface area (TPSA) is 70.1 Å². The van der Waals surface area contributed by atoms with Gasteiger partial charge in [0.25, 0.3) is 0 Å². The van der Waals surface area contributed by atoms with Gasteiger partial charge in [0.05, 0.1) is 0 Å². The van der Waals surface area contributed by atoms with Crippen LogP contribution in [0, 0.1) is 5.41 Å². The first-order chi connectivity index (χ1) is 4.18. The first-order valence-electron chi connectivity index (χ1n) is 3.20. The van der Waals surface area contributed by atoms with Crippen molar-refractivity contribution in [1.82, 2.24) is 0 Å². The Kier molecular flexibility index (Phi) is 4.05. The van der Waals surface area contributed by atoms with Gasteiger partial charge in [-0.2, -0.15) is 0 Å². The molecule has 3 heteroatoms. The van der Waals surface area contributed by atoms with Crippen LogP contribution in [0.25, 0.3) is 0 Å². The molecule has 0 spiro atoms. The Hall–Kier alpha value is -0.570. The highest BCUT2D eigenvalue weighted by Crippen LogP contribution is 1.98. The van der Waals surface area contributed by atoms with Gasteiger partial charge in [-0.25, -0.2) is 0 Å². The van der Waals surface area contributed by atoms with Crippen molar-refractivity contribution in [1.29, 1.82) is 5.41 Å². The maximum atomic E-state index is 8.91. The first kappa shape index (κ1) is 8.43. The van der Waals surface area contributed by atoms with Crippen molar-refractivity contribution in [2.45, 2.75) is 32.3 Å². The molecule has 0 aromatic rings. The smallest absolute Gasteiger partial charge is 0.120 e. The van der Waals surface area contributed by atoms with Gasteiger partial charge < -0.3 is 10.8 Å². The van der Waals surface area contributed by atoms with Gasteiger partial charge in [0.1, 0.15) is 11.9 Å². The van der Waals surface area contributed by atoms with Gasteiger partial charge in [-0.1, -0.05) is 19.8 Å². The Bertz CT molecular complexity index is 93.1. The molecule has 0 aliphatic carbocycles. The van der Waals surface area contributed by atoms with Gasteiger partial charge in [-0.3, -0.25) is 5.41 Å². The lowest BCUT2D eigenvalue weighted by Gasteiger charge is -2.05. The molecule has 1 atom stereocenters. The average molecular weight is 130 g/mol. The molecule has 0 heterocycles. The Morgan fingerprint density at radius 2 is 2.33 bits per heavy atom. The third-order valence-electron chi connectivity index (χ3n) is 1.19. The van der Waals surface area contributed by atoms with E-state index in [4.69, 9.17) is 16.2 Å². The molecule has 0 saturated carbocycles. The van der Waals surface area contributed by atoms with Gasteiger partial charge in [-0.15, -0.1) is 0 Å². The van der Waals surface area contributed by atoms with E-state index in [1.54, 1.807) is 0 Å². The third-order valence-corrected chi connectivity index (χ3v) is 1.19. The van der Waals surface area contributed by atoms with Gasteiger partial charge in [0.15, 0.2) is 0 Å². The van der Waals surface area contributed by atoms with Gasteiger partial charge in [0.2, 0.25) is 0 Å². The number of aliphatic hydroxyl groups is 1. The van der Waals surface area contributed by atoms with Crippen LogP contribution in [0.3, 0.4) is 0 Å². The Morgan fingerprint density at radius 3 is 2.67 bits per heavy atom. The molecule has 0 radical (unpaired) electrons. The standard InChI is InChI=1S/C6H14N2O/c1-2-3-4-5(9)6(7)8/h5,9H,2-4H2,1H3,(H3,7,8). The number of amidine groups is 1. The molecule has 0 aromatic carbocycles. The maximum Gasteiger partial charge on any atom is 0.120 e. The van der Waals surface area contributed by atoms with Crippen LogP contribution in [0.5, 0.6) is 0 Å². The molecule has 54 valence electrons. The van der Waals surface area contributed by atoms with E-state index in [9.17, 15) is 0 Å². The molecule has 0 aromatic heterocycles. The van der Waals surface area contributed by atoms with Crippen molar-refractivity contribution in [2.75, 3.05) is 0 Å². The lowest BCUT2D eigenvalue weighted by molar-refractivity contribution is 0.225. The van der Waals surface area contributed by atoms with Crippen molar-refractivity contribution in [2.24, 2.45) is 5.73 Å². The van der Waals surface area contributed by atoms with Crippen LogP contribution in [0.15, 0.2) is 0 Å². The molecule has 9 heavy (non-hydrogen) atoms. The molecule has 4 N–H and O–H groups in total. The summed E-state index contributed by atoms with van der Waals surface area (Å²) in [5.41, 5.74) is 5.01. The largest absolute Gasteiger partial charge is 0.385 e. The number of aliphatic hydroxyl groups excluding tert-OH is 1. The highest BCUT2D eigenvalue weighted by Gasteiger charge is 2.04. The normalized spacial score (nSPS) is 13.1. The fourth-order valence-corrected chi connectivity index (χ4v) is 0.553. The molecule has 3 nitrogen and oxygen atoms in total. The predicted octanol–water partition coefficient (Wildman–Crippen LogP) is 0.473. The van der Waals surface area contributed by atoms with Crippen LogP contribution in [-0.2, 0) is 0 Å². The predicted molar refractivity (Wildman–Crippen MR) is 37.4 cm³/mol.